The van der Waals surface area contributed by atoms with Crippen molar-refractivity contribution >= 4 is 22.2 Å². The molecular weight excluding hydrogens is 254 g/mol. The van der Waals surface area contributed by atoms with Gasteiger partial charge in [0.15, 0.2) is 0 Å². The molecule has 0 radical (unpaired) electrons. The van der Waals surface area contributed by atoms with Gasteiger partial charge in [-0.2, -0.15) is 0 Å². The molecule has 0 amide bonds. The zero-order valence-corrected chi connectivity index (χ0v) is 11.7. The quantitative estimate of drug-likeness (QED) is 0.763. The van der Waals surface area contributed by atoms with E-state index in [1.54, 1.807) is 11.3 Å². The number of thiophene rings is 1. The Morgan fingerprint density at radius 1 is 1.11 bits per heavy atom. The molecule has 0 saturated heterocycles. The molecule has 2 heterocycles. The molecule has 0 bridgehead atoms. The predicted molar refractivity (Wildman–Crippen MR) is 79.6 cm³/mol. The van der Waals surface area contributed by atoms with Gasteiger partial charge in [0, 0.05) is 15.1 Å². The average Bonchev–Trinajstić information content (AvgIpc) is 2.84. The Labute approximate surface area is 116 Å². The third-order valence-corrected chi connectivity index (χ3v) is 4.31. The van der Waals surface area contributed by atoms with Crippen LogP contribution in [0.25, 0.3) is 10.9 Å². The SMILES string of the molecule is Cc1ccc(C(O)c2cc(C)c3ccccc3n2)s1. The van der Waals surface area contributed by atoms with Crippen molar-refractivity contribution in [2.75, 3.05) is 0 Å². The maximum absolute atomic E-state index is 10.4. The number of para-hydroxylation sites is 1. The van der Waals surface area contributed by atoms with Gasteiger partial charge in [-0.25, -0.2) is 4.98 Å². The number of pyridine rings is 1. The van der Waals surface area contributed by atoms with Gasteiger partial charge in [0.1, 0.15) is 6.10 Å². The van der Waals surface area contributed by atoms with Crippen molar-refractivity contribution in [3.05, 3.63) is 63.5 Å². The lowest BCUT2D eigenvalue weighted by Gasteiger charge is -2.11. The van der Waals surface area contributed by atoms with Gasteiger partial charge in [0.2, 0.25) is 0 Å². The molecule has 1 aromatic carbocycles. The Morgan fingerprint density at radius 3 is 2.63 bits per heavy atom. The van der Waals surface area contributed by atoms with Gasteiger partial charge >= 0.3 is 0 Å². The molecule has 2 aromatic heterocycles. The number of rotatable bonds is 2. The van der Waals surface area contributed by atoms with Gasteiger partial charge in [-0.3, -0.25) is 0 Å². The first-order valence-electron chi connectivity index (χ1n) is 6.26. The third-order valence-electron chi connectivity index (χ3n) is 3.25. The van der Waals surface area contributed by atoms with Crippen molar-refractivity contribution < 1.29 is 5.11 Å². The van der Waals surface area contributed by atoms with E-state index >= 15 is 0 Å². The topological polar surface area (TPSA) is 33.1 Å². The molecule has 19 heavy (non-hydrogen) atoms. The highest BCUT2D eigenvalue weighted by atomic mass is 32.1. The largest absolute Gasteiger partial charge is 0.381 e. The number of nitrogens with zero attached hydrogens (tertiary/aromatic N) is 1. The van der Waals surface area contributed by atoms with Crippen molar-refractivity contribution in [1.29, 1.82) is 0 Å². The summed E-state index contributed by atoms with van der Waals surface area (Å²) in [4.78, 5) is 6.72. The maximum atomic E-state index is 10.4. The monoisotopic (exact) mass is 269 g/mol. The smallest absolute Gasteiger partial charge is 0.130 e. The highest BCUT2D eigenvalue weighted by molar-refractivity contribution is 7.12. The summed E-state index contributed by atoms with van der Waals surface area (Å²) in [7, 11) is 0. The molecular formula is C16H15NOS. The lowest BCUT2D eigenvalue weighted by Crippen LogP contribution is -2.01. The standard InChI is InChI=1S/C16H15NOS/c1-10-9-14(16(18)15-8-7-11(2)19-15)17-13-6-4-3-5-12(10)13/h3-9,16,18H,1-2H3. The maximum Gasteiger partial charge on any atom is 0.130 e. The van der Waals surface area contributed by atoms with E-state index in [9.17, 15) is 5.11 Å². The Bertz CT molecular complexity index is 732. The molecule has 0 aliphatic carbocycles. The van der Waals surface area contributed by atoms with Crippen molar-refractivity contribution in [3.8, 4) is 0 Å². The van der Waals surface area contributed by atoms with Gasteiger partial charge in [0.25, 0.3) is 0 Å². The molecule has 0 spiro atoms. The molecule has 96 valence electrons. The summed E-state index contributed by atoms with van der Waals surface area (Å²) in [6.45, 7) is 4.10. The molecule has 1 N–H and O–H groups in total. The molecule has 0 aliphatic rings. The summed E-state index contributed by atoms with van der Waals surface area (Å²) in [5.41, 5.74) is 2.80. The fourth-order valence-corrected chi connectivity index (χ4v) is 3.14. The Kier molecular flexibility index (Phi) is 3.09. The summed E-state index contributed by atoms with van der Waals surface area (Å²) < 4.78 is 0. The molecule has 1 unspecified atom stereocenters. The first-order valence-corrected chi connectivity index (χ1v) is 7.07. The van der Waals surface area contributed by atoms with Crippen LogP contribution >= 0.6 is 11.3 Å². The van der Waals surface area contributed by atoms with E-state index in [1.807, 2.05) is 43.3 Å². The number of benzene rings is 1. The molecule has 0 aliphatic heterocycles. The van der Waals surface area contributed by atoms with E-state index in [-0.39, 0.29) is 0 Å². The van der Waals surface area contributed by atoms with E-state index in [2.05, 4.69) is 18.0 Å². The summed E-state index contributed by atoms with van der Waals surface area (Å²) in [5.74, 6) is 0. The van der Waals surface area contributed by atoms with Crippen molar-refractivity contribution in [3.63, 3.8) is 0 Å². The van der Waals surface area contributed by atoms with Crippen LogP contribution in [-0.4, -0.2) is 10.1 Å². The molecule has 0 fully saturated rings. The van der Waals surface area contributed by atoms with E-state index in [4.69, 9.17) is 0 Å². The molecule has 1 atom stereocenters. The molecule has 3 aromatic rings. The van der Waals surface area contributed by atoms with Crippen LogP contribution in [0.2, 0.25) is 0 Å². The second-order valence-corrected chi connectivity index (χ2v) is 6.05. The number of aliphatic hydroxyl groups is 1. The van der Waals surface area contributed by atoms with Crippen LogP contribution in [0.15, 0.2) is 42.5 Å². The number of aryl methyl sites for hydroxylation is 2. The molecule has 2 nitrogen and oxygen atoms in total. The normalized spacial score (nSPS) is 12.8. The Morgan fingerprint density at radius 2 is 1.89 bits per heavy atom. The van der Waals surface area contributed by atoms with E-state index in [0.717, 1.165) is 27.0 Å². The lowest BCUT2D eigenvalue weighted by atomic mass is 10.1. The number of hydrogen-bond acceptors (Lipinski definition) is 3. The zero-order valence-electron chi connectivity index (χ0n) is 10.9. The van der Waals surface area contributed by atoms with E-state index in [0.29, 0.717) is 0 Å². The third kappa shape index (κ3) is 2.27. The second kappa shape index (κ2) is 4.76. The van der Waals surface area contributed by atoms with Gasteiger partial charge in [-0.15, -0.1) is 11.3 Å². The van der Waals surface area contributed by atoms with Crippen molar-refractivity contribution in [2.45, 2.75) is 20.0 Å². The summed E-state index contributed by atoms with van der Waals surface area (Å²) in [6.07, 6.45) is -0.637. The van der Waals surface area contributed by atoms with Crippen molar-refractivity contribution in [1.82, 2.24) is 4.98 Å². The predicted octanol–water partition coefficient (Wildman–Crippen LogP) is 3.99. The number of fused-ring (bicyclic) bond motifs is 1. The highest BCUT2D eigenvalue weighted by Crippen LogP contribution is 2.29. The minimum atomic E-state index is -0.637. The minimum Gasteiger partial charge on any atom is -0.381 e. The van der Waals surface area contributed by atoms with Crippen LogP contribution in [-0.2, 0) is 0 Å². The number of aliphatic hydroxyl groups excluding tert-OH is 1. The Balaban J connectivity index is 2.10. The van der Waals surface area contributed by atoms with Crippen LogP contribution < -0.4 is 0 Å². The van der Waals surface area contributed by atoms with Crippen LogP contribution in [0.4, 0.5) is 0 Å². The number of aromatic nitrogens is 1. The highest BCUT2D eigenvalue weighted by Gasteiger charge is 2.15. The minimum absolute atomic E-state index is 0.637. The summed E-state index contributed by atoms with van der Waals surface area (Å²) in [6, 6.07) is 14.0. The summed E-state index contributed by atoms with van der Waals surface area (Å²) >= 11 is 1.61. The van der Waals surface area contributed by atoms with Crippen LogP contribution in [0.5, 0.6) is 0 Å². The van der Waals surface area contributed by atoms with Crippen LogP contribution in [0, 0.1) is 13.8 Å². The fourth-order valence-electron chi connectivity index (χ4n) is 2.26. The Hall–Kier alpha value is -1.71. The van der Waals surface area contributed by atoms with Gasteiger partial charge < -0.3 is 5.11 Å². The molecule has 3 heteroatoms. The first-order chi connectivity index (χ1) is 9.15. The van der Waals surface area contributed by atoms with Crippen molar-refractivity contribution in [2.24, 2.45) is 0 Å². The van der Waals surface area contributed by atoms with Crippen LogP contribution in [0.3, 0.4) is 0 Å². The molecule has 3 rings (SSSR count). The second-order valence-electron chi connectivity index (χ2n) is 4.73. The van der Waals surface area contributed by atoms with E-state index < -0.39 is 6.10 Å². The van der Waals surface area contributed by atoms with Gasteiger partial charge in [-0.05, 0) is 43.7 Å². The molecule has 0 saturated carbocycles. The fraction of sp³-hybridized carbons (Fsp3) is 0.188. The van der Waals surface area contributed by atoms with Crippen LogP contribution in [0.1, 0.15) is 27.1 Å². The average molecular weight is 269 g/mol. The van der Waals surface area contributed by atoms with E-state index in [1.165, 1.54) is 4.88 Å². The zero-order chi connectivity index (χ0) is 13.4. The number of hydrogen-bond donors (Lipinski definition) is 1. The first kappa shape index (κ1) is 12.3. The van der Waals surface area contributed by atoms with Gasteiger partial charge in [0.05, 0.1) is 11.2 Å². The van der Waals surface area contributed by atoms with Gasteiger partial charge in [-0.1, -0.05) is 18.2 Å². The summed E-state index contributed by atoms with van der Waals surface area (Å²) in [5, 5.41) is 11.6. The lowest BCUT2D eigenvalue weighted by molar-refractivity contribution is 0.219.